The predicted octanol–water partition coefficient (Wildman–Crippen LogP) is 0.0364. The maximum absolute atomic E-state index is 12.7. The Morgan fingerprint density at radius 1 is 1.09 bits per heavy atom. The van der Waals surface area contributed by atoms with Gasteiger partial charge in [0, 0.05) is 12.5 Å². The Morgan fingerprint density at radius 3 is 2.50 bits per heavy atom. The van der Waals surface area contributed by atoms with Crippen LogP contribution in [0.2, 0.25) is 0 Å². The summed E-state index contributed by atoms with van der Waals surface area (Å²) in [6.07, 6.45) is 6.47. The van der Waals surface area contributed by atoms with Gasteiger partial charge in [0.1, 0.15) is 5.76 Å². The van der Waals surface area contributed by atoms with Crippen LogP contribution >= 0.6 is 0 Å². The van der Waals surface area contributed by atoms with Gasteiger partial charge in [-0.05, 0) is 29.7 Å². The molecule has 0 saturated heterocycles. The lowest BCUT2D eigenvalue weighted by atomic mass is 9.68. The number of rotatable bonds is 1. The number of aromatic nitrogens is 3. The Bertz CT molecular complexity index is 993. The van der Waals surface area contributed by atoms with Crippen molar-refractivity contribution in [1.29, 1.82) is 0 Å². The van der Waals surface area contributed by atoms with Crippen molar-refractivity contribution in [3.63, 3.8) is 0 Å². The van der Waals surface area contributed by atoms with Gasteiger partial charge in [0.2, 0.25) is 0 Å². The van der Waals surface area contributed by atoms with E-state index in [-0.39, 0.29) is 34.3 Å². The Balaban J connectivity index is 1.67. The van der Waals surface area contributed by atoms with Gasteiger partial charge in [-0.1, -0.05) is 12.2 Å². The fourth-order valence-corrected chi connectivity index (χ4v) is 7.68. The van der Waals surface area contributed by atoms with Gasteiger partial charge in [-0.15, -0.1) is 0 Å². The van der Waals surface area contributed by atoms with Crippen molar-refractivity contribution in [3.8, 4) is 0 Å². The fourth-order valence-electron chi connectivity index (χ4n) is 7.68. The van der Waals surface area contributed by atoms with Gasteiger partial charge in [0.25, 0.3) is 0 Å². The van der Waals surface area contributed by atoms with Crippen LogP contribution < -0.4 is 11.4 Å². The molecule has 22 heavy (non-hydrogen) atoms. The minimum Gasteiger partial charge on any atom is -0.500 e. The van der Waals surface area contributed by atoms with Crippen molar-refractivity contribution in [1.82, 2.24) is 13.9 Å². The topological polar surface area (TPSA) is 58.2 Å². The third-order valence-corrected chi connectivity index (χ3v) is 7.87. The number of hydrogen-bond acceptors (Lipinski definition) is 3. The number of nitrogens with zero attached hydrogens (tertiary/aromatic N) is 3. The molecular formula is C16H15N3O3. The minimum atomic E-state index is -0.162. The highest BCUT2D eigenvalue weighted by Crippen LogP contribution is 3.04. The van der Waals surface area contributed by atoms with E-state index in [9.17, 15) is 9.59 Å². The van der Waals surface area contributed by atoms with Crippen LogP contribution in [0.15, 0.2) is 33.6 Å². The average molecular weight is 297 g/mol. The molecular weight excluding hydrogens is 282 g/mol. The highest BCUT2D eigenvalue weighted by Gasteiger charge is 3.04. The lowest BCUT2D eigenvalue weighted by molar-refractivity contribution is 0.0119. The summed E-state index contributed by atoms with van der Waals surface area (Å²) in [4.78, 5) is 25.3. The minimum absolute atomic E-state index is 0.0272. The van der Waals surface area contributed by atoms with E-state index in [0.717, 1.165) is 5.76 Å². The molecule has 0 amide bonds. The second kappa shape index (κ2) is 2.47. The van der Waals surface area contributed by atoms with Crippen LogP contribution in [-0.2, 0) is 11.8 Å². The summed E-state index contributed by atoms with van der Waals surface area (Å²) in [7, 11) is 3.33. The largest absolute Gasteiger partial charge is 0.500 e. The molecule has 8 atom stereocenters. The lowest BCUT2D eigenvalue weighted by Crippen LogP contribution is -2.53. The van der Waals surface area contributed by atoms with Crippen LogP contribution in [0.3, 0.4) is 0 Å². The summed E-state index contributed by atoms with van der Waals surface area (Å²) in [6.45, 7) is 0. The first-order chi connectivity index (χ1) is 10.6. The van der Waals surface area contributed by atoms with Crippen molar-refractivity contribution >= 4 is 0 Å². The standard InChI is InChI=1S/C16H15N3O3/c1-17-13(20)18-11-8-7-9(8)12(19(18)14(17)21)16-6(22-2)4-3-5-15(11,16)10(7)16/h3-5,7-12H,1-2H3/t7-,8+,9+,10-,11-,12+,15-,16-/m1/s1. The second-order valence-corrected chi connectivity index (χ2v) is 7.81. The SMILES string of the molecule is COC1=CC=C[C@@]23[C@H]4[C@H]5[C@H]6[C@H]5[C@H]2n2c(=O)n(C)c(=O)n2[C@@H]6[C@@]143. The molecule has 6 heteroatoms. The highest BCUT2D eigenvalue weighted by molar-refractivity contribution is 5.59. The zero-order valence-electron chi connectivity index (χ0n) is 12.3. The van der Waals surface area contributed by atoms with Crippen LogP contribution in [0.1, 0.15) is 12.1 Å². The van der Waals surface area contributed by atoms with Gasteiger partial charge in [-0.25, -0.2) is 23.5 Å². The monoisotopic (exact) mass is 297 g/mol. The normalized spacial score (nSPS) is 55.6. The van der Waals surface area contributed by atoms with E-state index in [2.05, 4.69) is 18.2 Å². The van der Waals surface area contributed by atoms with Gasteiger partial charge < -0.3 is 4.74 Å². The first-order valence-electron chi connectivity index (χ1n) is 7.98. The zero-order valence-corrected chi connectivity index (χ0v) is 12.3. The van der Waals surface area contributed by atoms with E-state index < -0.39 is 0 Å². The van der Waals surface area contributed by atoms with Crippen molar-refractivity contribution in [2.75, 3.05) is 7.11 Å². The molecule has 0 unspecified atom stereocenters. The third-order valence-electron chi connectivity index (χ3n) is 7.87. The Kier molecular flexibility index (Phi) is 1.20. The average Bonchev–Trinajstić information content (AvgIpc) is 3.31. The van der Waals surface area contributed by atoms with E-state index in [1.807, 2.05) is 0 Å². The Morgan fingerprint density at radius 2 is 1.77 bits per heavy atom. The molecule has 2 spiro atoms. The highest BCUT2D eigenvalue weighted by atomic mass is 16.5. The molecule has 8 rings (SSSR count). The van der Waals surface area contributed by atoms with Crippen LogP contribution in [0, 0.1) is 34.5 Å². The summed E-state index contributed by atoms with van der Waals surface area (Å²) >= 11 is 0. The van der Waals surface area contributed by atoms with Gasteiger partial charge >= 0.3 is 11.4 Å². The second-order valence-electron chi connectivity index (χ2n) is 7.81. The number of ether oxygens (including phenoxy) is 1. The Labute approximate surface area is 125 Å². The van der Waals surface area contributed by atoms with E-state index in [1.165, 1.54) is 4.57 Å². The molecule has 0 radical (unpaired) electrons. The Hall–Kier alpha value is -1.98. The molecule has 3 heterocycles. The molecule has 2 bridgehead atoms. The molecule has 0 aromatic carbocycles. The van der Waals surface area contributed by atoms with E-state index >= 15 is 0 Å². The third kappa shape index (κ3) is 0.591. The maximum atomic E-state index is 12.7. The summed E-state index contributed by atoms with van der Waals surface area (Å²) in [6, 6.07) is 0.254. The maximum Gasteiger partial charge on any atom is 0.347 e. The summed E-state index contributed by atoms with van der Waals surface area (Å²) in [5.41, 5.74) is -0.339. The quantitative estimate of drug-likeness (QED) is 0.735. The fraction of sp³-hybridized carbons (Fsp3) is 0.625. The van der Waals surface area contributed by atoms with E-state index in [4.69, 9.17) is 4.74 Å². The van der Waals surface area contributed by atoms with Crippen molar-refractivity contribution < 1.29 is 4.74 Å². The molecule has 112 valence electrons. The number of allylic oxidation sites excluding steroid dienone is 4. The first-order valence-corrected chi connectivity index (χ1v) is 7.98. The van der Waals surface area contributed by atoms with Crippen molar-refractivity contribution in [2.45, 2.75) is 12.1 Å². The molecule has 7 aliphatic rings. The van der Waals surface area contributed by atoms with E-state index in [0.29, 0.717) is 23.7 Å². The summed E-state index contributed by atoms with van der Waals surface area (Å²) in [5.74, 6) is 3.42. The van der Waals surface area contributed by atoms with Crippen molar-refractivity contribution in [3.05, 3.63) is 45.0 Å². The van der Waals surface area contributed by atoms with Gasteiger partial charge in [0.05, 0.1) is 24.6 Å². The zero-order chi connectivity index (χ0) is 14.8. The molecule has 4 fully saturated rings. The van der Waals surface area contributed by atoms with Crippen LogP contribution in [0.5, 0.6) is 0 Å². The molecule has 6 nitrogen and oxygen atoms in total. The van der Waals surface area contributed by atoms with Crippen molar-refractivity contribution in [2.24, 2.45) is 41.5 Å². The van der Waals surface area contributed by atoms with Gasteiger partial charge in [-0.3, -0.25) is 0 Å². The van der Waals surface area contributed by atoms with E-state index in [1.54, 1.807) is 23.5 Å². The van der Waals surface area contributed by atoms with Gasteiger partial charge in [0.15, 0.2) is 0 Å². The smallest absolute Gasteiger partial charge is 0.347 e. The lowest BCUT2D eigenvalue weighted by Gasteiger charge is -2.48. The summed E-state index contributed by atoms with van der Waals surface area (Å²) in [5, 5.41) is 0. The molecule has 2 aliphatic heterocycles. The summed E-state index contributed by atoms with van der Waals surface area (Å²) < 4.78 is 10.6. The number of hydrogen-bond donors (Lipinski definition) is 0. The molecule has 4 saturated carbocycles. The van der Waals surface area contributed by atoms with Gasteiger partial charge in [-0.2, -0.15) is 0 Å². The number of methoxy groups -OCH3 is 1. The van der Waals surface area contributed by atoms with Crippen LogP contribution in [0.25, 0.3) is 0 Å². The predicted molar refractivity (Wildman–Crippen MR) is 75.1 cm³/mol. The van der Waals surface area contributed by atoms with Crippen LogP contribution in [0.4, 0.5) is 0 Å². The molecule has 1 aromatic rings. The molecule has 5 aliphatic carbocycles. The molecule has 1 aromatic heterocycles. The van der Waals surface area contributed by atoms with Crippen LogP contribution in [-0.4, -0.2) is 21.0 Å². The molecule has 0 N–H and O–H groups in total. The first kappa shape index (κ1) is 10.7.